The highest BCUT2D eigenvalue weighted by atomic mass is 16.3. The molecule has 16 heavy (non-hydrogen) atoms. The first-order chi connectivity index (χ1) is 7.61. The minimum Gasteiger partial charge on any atom is -0.396 e. The molecule has 1 saturated heterocycles. The molecule has 2 atom stereocenters. The largest absolute Gasteiger partial charge is 0.396 e. The number of rotatable bonds is 4. The number of likely N-dealkylation sites (N-methyl/N-ethyl adjacent to an activating group) is 1. The molecule has 0 aromatic rings. The van der Waals surface area contributed by atoms with Gasteiger partial charge in [-0.2, -0.15) is 0 Å². The summed E-state index contributed by atoms with van der Waals surface area (Å²) in [5.41, 5.74) is 0. The zero-order valence-corrected chi connectivity index (χ0v) is 10.2. The van der Waals surface area contributed by atoms with Crippen LogP contribution in [0.2, 0.25) is 0 Å². The number of carbonyl (C=O) groups is 1. The Labute approximate surface area is 97.5 Å². The van der Waals surface area contributed by atoms with E-state index in [2.05, 4.69) is 18.4 Å². The second-order valence-electron chi connectivity index (χ2n) is 4.40. The maximum absolute atomic E-state index is 12.2. The third-order valence-corrected chi connectivity index (χ3v) is 3.33. The van der Waals surface area contributed by atoms with E-state index in [1.807, 2.05) is 13.1 Å². The summed E-state index contributed by atoms with van der Waals surface area (Å²) in [4.78, 5) is 16.1. The lowest BCUT2D eigenvalue weighted by Gasteiger charge is -2.28. The molecule has 1 amide bonds. The van der Waals surface area contributed by atoms with Crippen molar-refractivity contribution in [2.45, 2.75) is 31.8 Å². The molecule has 1 heterocycles. The minimum atomic E-state index is -0.196. The van der Waals surface area contributed by atoms with Gasteiger partial charge in [0.2, 0.25) is 5.91 Å². The maximum atomic E-state index is 12.2. The molecule has 1 aliphatic rings. The normalized spacial score (nSPS) is 27.9. The van der Waals surface area contributed by atoms with Crippen LogP contribution in [0.3, 0.4) is 0 Å². The van der Waals surface area contributed by atoms with Gasteiger partial charge in [0, 0.05) is 32.8 Å². The monoisotopic (exact) mass is 226 g/mol. The summed E-state index contributed by atoms with van der Waals surface area (Å²) in [6.07, 6.45) is 3.29. The van der Waals surface area contributed by atoms with Gasteiger partial charge in [0.25, 0.3) is 0 Å². The average Bonchev–Trinajstić information content (AvgIpc) is 2.37. The van der Waals surface area contributed by atoms with Crippen LogP contribution in [0.4, 0.5) is 0 Å². The quantitative estimate of drug-likeness (QED) is 0.709. The molecule has 0 aromatic heterocycles. The Balaban J connectivity index is 2.83. The Kier molecular flexibility index (Phi) is 4.96. The Morgan fingerprint density at radius 3 is 2.88 bits per heavy atom. The van der Waals surface area contributed by atoms with E-state index in [1.54, 1.807) is 4.90 Å². The van der Waals surface area contributed by atoms with Crippen LogP contribution in [-0.4, -0.2) is 59.6 Å². The highest BCUT2D eigenvalue weighted by Gasteiger charge is 2.32. The van der Waals surface area contributed by atoms with Crippen molar-refractivity contribution in [2.75, 3.05) is 26.7 Å². The van der Waals surface area contributed by atoms with Gasteiger partial charge in [0.1, 0.15) is 0 Å². The summed E-state index contributed by atoms with van der Waals surface area (Å²) in [6, 6.07) is 0.0708. The first kappa shape index (κ1) is 13.2. The Morgan fingerprint density at radius 1 is 1.62 bits per heavy atom. The van der Waals surface area contributed by atoms with Crippen LogP contribution >= 0.6 is 0 Å². The molecular weight excluding hydrogens is 204 g/mol. The Hall–Kier alpha value is -0.870. The van der Waals surface area contributed by atoms with E-state index in [0.29, 0.717) is 13.0 Å². The van der Waals surface area contributed by atoms with Crippen LogP contribution in [0, 0.1) is 0 Å². The fraction of sp³-hybridized carbons (Fsp3) is 0.750. The van der Waals surface area contributed by atoms with E-state index < -0.39 is 0 Å². The lowest BCUT2D eigenvalue weighted by atomic mass is 10.1. The standard InChI is InChI=1S/C12H22N2O2/c1-4-7-14-8-5-10(2)13(3)12(16)11(14)6-9-15/h4,10-11,15H,1,5-9H2,2-3H3. The molecule has 2 unspecified atom stereocenters. The summed E-state index contributed by atoms with van der Waals surface area (Å²) in [7, 11) is 1.84. The lowest BCUT2D eigenvalue weighted by Crippen LogP contribution is -2.46. The van der Waals surface area contributed by atoms with Gasteiger partial charge in [-0.15, -0.1) is 6.58 Å². The number of hydrogen-bond acceptors (Lipinski definition) is 3. The average molecular weight is 226 g/mol. The fourth-order valence-corrected chi connectivity index (χ4v) is 2.12. The van der Waals surface area contributed by atoms with Gasteiger partial charge >= 0.3 is 0 Å². The molecule has 1 rings (SSSR count). The molecule has 0 saturated carbocycles. The van der Waals surface area contributed by atoms with Gasteiger partial charge in [0.05, 0.1) is 6.04 Å². The molecule has 1 aliphatic heterocycles. The summed E-state index contributed by atoms with van der Waals surface area (Å²) < 4.78 is 0. The van der Waals surface area contributed by atoms with Gasteiger partial charge in [-0.1, -0.05) is 6.08 Å². The summed E-state index contributed by atoms with van der Waals surface area (Å²) >= 11 is 0. The van der Waals surface area contributed by atoms with Crippen molar-refractivity contribution in [3.8, 4) is 0 Å². The Bertz CT molecular complexity index is 255. The highest BCUT2D eigenvalue weighted by Crippen LogP contribution is 2.17. The van der Waals surface area contributed by atoms with Crippen LogP contribution in [-0.2, 0) is 4.79 Å². The maximum Gasteiger partial charge on any atom is 0.240 e. The predicted molar refractivity (Wildman–Crippen MR) is 64.1 cm³/mol. The SMILES string of the molecule is C=CCN1CCC(C)N(C)C(=O)C1CCO. The van der Waals surface area contributed by atoms with Crippen LogP contribution in [0.1, 0.15) is 19.8 Å². The van der Waals surface area contributed by atoms with Crippen molar-refractivity contribution >= 4 is 5.91 Å². The summed E-state index contributed by atoms with van der Waals surface area (Å²) in [6.45, 7) is 7.41. The van der Waals surface area contributed by atoms with Crippen LogP contribution < -0.4 is 0 Å². The van der Waals surface area contributed by atoms with Crippen molar-refractivity contribution in [2.24, 2.45) is 0 Å². The molecule has 0 spiro atoms. The van der Waals surface area contributed by atoms with Gasteiger partial charge in [-0.25, -0.2) is 0 Å². The van der Waals surface area contributed by atoms with Crippen molar-refractivity contribution < 1.29 is 9.90 Å². The molecule has 4 nitrogen and oxygen atoms in total. The number of hydrogen-bond donors (Lipinski definition) is 1. The molecule has 4 heteroatoms. The van der Waals surface area contributed by atoms with Gasteiger partial charge < -0.3 is 10.0 Å². The van der Waals surface area contributed by atoms with Crippen molar-refractivity contribution in [3.05, 3.63) is 12.7 Å². The van der Waals surface area contributed by atoms with Crippen LogP contribution in [0.5, 0.6) is 0 Å². The number of amides is 1. The van der Waals surface area contributed by atoms with Gasteiger partial charge in [-0.05, 0) is 19.8 Å². The number of aliphatic hydroxyl groups excluding tert-OH is 1. The van der Waals surface area contributed by atoms with E-state index in [4.69, 9.17) is 5.11 Å². The topological polar surface area (TPSA) is 43.8 Å². The third kappa shape index (κ3) is 2.83. The van der Waals surface area contributed by atoms with Crippen molar-refractivity contribution in [1.82, 2.24) is 9.80 Å². The molecule has 1 fully saturated rings. The zero-order valence-electron chi connectivity index (χ0n) is 10.2. The van der Waals surface area contributed by atoms with E-state index in [-0.39, 0.29) is 24.6 Å². The Morgan fingerprint density at radius 2 is 2.31 bits per heavy atom. The molecule has 0 aromatic carbocycles. The minimum absolute atomic E-state index is 0.0479. The smallest absolute Gasteiger partial charge is 0.240 e. The van der Waals surface area contributed by atoms with Crippen LogP contribution in [0.25, 0.3) is 0 Å². The number of aliphatic hydroxyl groups is 1. The van der Waals surface area contributed by atoms with Crippen molar-refractivity contribution in [3.63, 3.8) is 0 Å². The molecule has 92 valence electrons. The first-order valence-corrected chi connectivity index (χ1v) is 5.84. The van der Waals surface area contributed by atoms with E-state index in [0.717, 1.165) is 13.0 Å². The first-order valence-electron chi connectivity index (χ1n) is 5.84. The van der Waals surface area contributed by atoms with E-state index in [1.165, 1.54) is 0 Å². The van der Waals surface area contributed by atoms with Crippen LogP contribution in [0.15, 0.2) is 12.7 Å². The summed E-state index contributed by atoms with van der Waals surface area (Å²) in [5, 5.41) is 9.04. The second-order valence-corrected chi connectivity index (χ2v) is 4.40. The third-order valence-electron chi connectivity index (χ3n) is 3.33. The second kappa shape index (κ2) is 6.01. The lowest BCUT2D eigenvalue weighted by molar-refractivity contribution is -0.135. The number of carbonyl (C=O) groups excluding carboxylic acids is 1. The molecule has 0 bridgehead atoms. The zero-order chi connectivity index (χ0) is 12.1. The van der Waals surface area contributed by atoms with E-state index >= 15 is 0 Å². The molecule has 1 N–H and O–H groups in total. The van der Waals surface area contributed by atoms with Crippen molar-refractivity contribution in [1.29, 1.82) is 0 Å². The van der Waals surface area contributed by atoms with E-state index in [9.17, 15) is 4.79 Å². The highest BCUT2D eigenvalue weighted by molar-refractivity contribution is 5.82. The van der Waals surface area contributed by atoms with Gasteiger partial charge in [-0.3, -0.25) is 9.69 Å². The fourth-order valence-electron chi connectivity index (χ4n) is 2.12. The molecular formula is C12H22N2O2. The molecule has 0 aliphatic carbocycles. The summed E-state index contributed by atoms with van der Waals surface area (Å²) in [5.74, 6) is 0.112. The predicted octanol–water partition coefficient (Wildman–Crippen LogP) is 0.476. The molecule has 0 radical (unpaired) electrons. The number of nitrogens with zero attached hydrogens (tertiary/aromatic N) is 2. The van der Waals surface area contributed by atoms with Gasteiger partial charge in [0.15, 0.2) is 0 Å².